The Hall–Kier alpha value is -4.17. The summed E-state index contributed by atoms with van der Waals surface area (Å²) in [6.07, 6.45) is 26.0. The van der Waals surface area contributed by atoms with Crippen LogP contribution < -0.4 is 20.9 Å². The lowest BCUT2D eigenvalue weighted by atomic mass is 9.59. The van der Waals surface area contributed by atoms with Crippen molar-refractivity contribution < 1.29 is 9.53 Å². The van der Waals surface area contributed by atoms with Crippen LogP contribution in [-0.2, 0) is 25.8 Å². The Morgan fingerprint density at radius 1 is 0.644 bits per heavy atom. The summed E-state index contributed by atoms with van der Waals surface area (Å²) >= 11 is 0. The highest BCUT2D eigenvalue weighted by atomic mass is 16.5. The van der Waals surface area contributed by atoms with Crippen molar-refractivity contribution in [3.05, 3.63) is 120 Å². The monoisotopic (exact) mass is 766 g/mol. The molecule has 0 aliphatic heterocycles. The fraction of sp³-hybridized carbons (Fsp3) is 0.491. The van der Waals surface area contributed by atoms with Gasteiger partial charge in [0.2, 0.25) is 0 Å². The number of rotatable bonds is 10. The molecule has 0 N–H and O–H groups in total. The highest BCUT2D eigenvalue weighted by Gasteiger charge is 2.96. The number of benzene rings is 3. The Kier molecular flexibility index (Phi) is 4.80. The van der Waals surface area contributed by atoms with Crippen LogP contribution in [0.4, 0.5) is 0 Å². The van der Waals surface area contributed by atoms with Gasteiger partial charge in [-0.2, -0.15) is 0 Å². The quantitative estimate of drug-likeness (QED) is 0.0920. The summed E-state index contributed by atoms with van der Waals surface area (Å²) in [6, 6.07) is 12.1. The van der Waals surface area contributed by atoms with E-state index < -0.39 is 0 Å². The van der Waals surface area contributed by atoms with Crippen LogP contribution >= 0.6 is 0 Å². The molecule has 290 valence electrons. The van der Waals surface area contributed by atoms with E-state index >= 15 is 0 Å². The van der Waals surface area contributed by atoms with Gasteiger partial charge in [0.1, 0.15) is 0 Å². The fourth-order valence-corrected chi connectivity index (χ4v) is 21.1. The molecule has 12 atom stereocenters. The van der Waals surface area contributed by atoms with Gasteiger partial charge in [-0.15, -0.1) is 0 Å². The van der Waals surface area contributed by atoms with Crippen molar-refractivity contribution in [1.29, 1.82) is 0 Å². The van der Waals surface area contributed by atoms with E-state index in [2.05, 4.69) is 61.6 Å². The lowest BCUT2D eigenvalue weighted by Crippen LogP contribution is -2.43. The molecule has 3 saturated carbocycles. The molecule has 3 aromatic rings. The van der Waals surface area contributed by atoms with E-state index in [-0.39, 0.29) is 22.2 Å². The minimum absolute atomic E-state index is 0.0302. The second kappa shape index (κ2) is 9.19. The summed E-state index contributed by atoms with van der Waals surface area (Å²) in [7, 11) is 0. The minimum Gasteiger partial charge on any atom is -0.466 e. The molecular formula is C57H50O2. The van der Waals surface area contributed by atoms with Gasteiger partial charge < -0.3 is 4.74 Å². The average Bonchev–Trinajstić information content (AvgIpc) is 3.92. The molecule has 0 saturated heterocycles. The summed E-state index contributed by atoms with van der Waals surface area (Å²) in [5.41, 5.74) is 27.6. The van der Waals surface area contributed by atoms with E-state index in [1.807, 2.05) is 76.6 Å². The third kappa shape index (κ3) is 2.56. The molecule has 18 rings (SSSR count). The number of carbonyl (C=O) groups excluding carboxylic acids is 1. The van der Waals surface area contributed by atoms with Crippen LogP contribution in [0.3, 0.4) is 0 Å². The van der Waals surface area contributed by atoms with Crippen molar-refractivity contribution in [2.24, 2.45) is 47.3 Å². The molecule has 12 unspecified atom stereocenters. The maximum atomic E-state index is 13.6. The molecule has 0 aromatic heterocycles. The molecular weight excluding hydrogens is 717 g/mol. The molecule has 0 radical (unpaired) electrons. The Morgan fingerprint density at radius 2 is 1.24 bits per heavy atom. The van der Waals surface area contributed by atoms with Gasteiger partial charge in [-0.25, -0.2) is 0 Å². The zero-order valence-corrected chi connectivity index (χ0v) is 34.2. The van der Waals surface area contributed by atoms with Gasteiger partial charge in [0, 0.05) is 46.3 Å². The number of allylic oxidation sites excluding steroid dienone is 5. The number of hydrogen-bond donors (Lipinski definition) is 0. The Labute approximate surface area is 345 Å². The van der Waals surface area contributed by atoms with Gasteiger partial charge in [0.05, 0.1) is 6.61 Å². The summed E-state index contributed by atoms with van der Waals surface area (Å²) < 4.78 is 5.99. The van der Waals surface area contributed by atoms with Gasteiger partial charge in [0.15, 0.2) is 0 Å². The molecule has 0 heterocycles. The van der Waals surface area contributed by atoms with Crippen LogP contribution in [0.25, 0.3) is 39.0 Å². The Balaban J connectivity index is 0.992. The molecule has 15 aliphatic carbocycles. The van der Waals surface area contributed by atoms with E-state index in [4.69, 9.17) is 4.74 Å². The molecule has 2 spiro atoms. The van der Waals surface area contributed by atoms with Crippen LogP contribution in [0, 0.1) is 47.3 Å². The first-order valence-corrected chi connectivity index (χ1v) is 24.5. The van der Waals surface area contributed by atoms with E-state index in [0.717, 1.165) is 25.7 Å². The summed E-state index contributed by atoms with van der Waals surface area (Å²) in [6.45, 7) is 2.83. The van der Waals surface area contributed by atoms with E-state index in [0.29, 0.717) is 72.2 Å². The first-order chi connectivity index (χ1) is 29.2. The summed E-state index contributed by atoms with van der Waals surface area (Å²) in [5, 5.41) is 7.25. The fourth-order valence-electron chi connectivity index (χ4n) is 21.1. The van der Waals surface area contributed by atoms with Gasteiger partial charge in [-0.1, -0.05) is 109 Å². The zero-order chi connectivity index (χ0) is 37.8. The highest BCUT2D eigenvalue weighted by molar-refractivity contribution is 6.14. The Bertz CT molecular complexity index is 2980. The van der Waals surface area contributed by atoms with Crippen LogP contribution in [0.5, 0.6) is 0 Å². The standard InChI is InChI=1S/C57H50O2/c1-2-3-4-8-24-59-36(58)12-9-23-55(25-10-6-5-7-11-25)56-34-21-22-35-33-20-18-31-29-16-14-27-26-13-15-28-30-17-19-32(34)43-41(30)46-39(28)37(26)45-38(27)40(29)47-42(31)44(33)54(57(35,55)56)52-50(47)48(45)49(46)51(52)53(43)56/h5-7,10-11,13-16,26-29,34-35,37-40H,2-4,8-9,12,17-24H2,1H3. The van der Waals surface area contributed by atoms with Gasteiger partial charge in [0.25, 0.3) is 0 Å². The molecule has 2 heteroatoms. The van der Waals surface area contributed by atoms with Gasteiger partial charge in [-0.05, 0) is 170 Å². The number of unbranched alkanes of at least 4 members (excludes halogenated alkanes) is 3. The Morgan fingerprint density at radius 3 is 1.83 bits per heavy atom. The molecule has 0 bridgehead atoms. The summed E-state index contributed by atoms with van der Waals surface area (Å²) in [4.78, 5) is 13.6. The third-order valence-corrected chi connectivity index (χ3v) is 21.6. The second-order valence-electron chi connectivity index (χ2n) is 22.3. The minimum atomic E-state index is -0.0302. The molecule has 3 aromatic carbocycles. The molecule has 0 amide bonds. The first kappa shape index (κ1) is 30.8. The van der Waals surface area contributed by atoms with Crippen molar-refractivity contribution in [3.8, 4) is 11.1 Å². The smallest absolute Gasteiger partial charge is 0.305 e. The molecule has 15 aliphatic rings. The SMILES string of the molecule is CCCCCCOC(=O)CCCC1(c2ccccc2)C23c4c5c6c7c8c4=C4CCC=8C8C=CC9C%10C=CC%11C%12=c%13c%14c(c-5c5c%13=C(CC%12)C(CCC42)C513)C6=C(C9C78)C%10C%14%11. The molecule has 2 nitrogen and oxygen atoms in total. The molecule has 59 heavy (non-hydrogen) atoms. The third-order valence-electron chi connectivity index (χ3n) is 21.6. The topological polar surface area (TPSA) is 26.3 Å². The largest absolute Gasteiger partial charge is 0.466 e. The second-order valence-corrected chi connectivity index (χ2v) is 22.3. The van der Waals surface area contributed by atoms with E-state index in [1.165, 1.54) is 51.4 Å². The van der Waals surface area contributed by atoms with Crippen molar-refractivity contribution in [3.63, 3.8) is 0 Å². The lowest BCUT2D eigenvalue weighted by molar-refractivity contribution is -0.143. The number of carbonyl (C=O) groups is 1. The van der Waals surface area contributed by atoms with E-state index in [1.54, 1.807) is 27.8 Å². The number of ether oxygens (including phenoxy) is 1. The maximum absolute atomic E-state index is 13.6. The number of esters is 1. The van der Waals surface area contributed by atoms with Gasteiger partial charge >= 0.3 is 5.97 Å². The van der Waals surface area contributed by atoms with Crippen molar-refractivity contribution in [1.82, 2.24) is 0 Å². The van der Waals surface area contributed by atoms with Crippen molar-refractivity contribution in [2.45, 2.75) is 118 Å². The number of hydrogen-bond acceptors (Lipinski definition) is 2. The predicted octanol–water partition coefficient (Wildman–Crippen LogP) is 8.52. The highest BCUT2D eigenvalue weighted by Crippen LogP contribution is 2.94. The van der Waals surface area contributed by atoms with Crippen LogP contribution in [0.15, 0.2) is 60.2 Å². The maximum Gasteiger partial charge on any atom is 0.305 e. The van der Waals surface area contributed by atoms with E-state index in [9.17, 15) is 4.79 Å². The van der Waals surface area contributed by atoms with Crippen molar-refractivity contribution in [2.75, 3.05) is 6.61 Å². The average molecular weight is 767 g/mol. The van der Waals surface area contributed by atoms with Crippen LogP contribution in [0.2, 0.25) is 0 Å². The molecule has 3 fully saturated rings. The lowest BCUT2D eigenvalue weighted by Gasteiger charge is -2.43. The van der Waals surface area contributed by atoms with Gasteiger partial charge in [-0.3, -0.25) is 4.79 Å². The van der Waals surface area contributed by atoms with Crippen LogP contribution in [0.1, 0.15) is 141 Å². The normalized spacial score (nSPS) is 42.1. The predicted molar refractivity (Wildman–Crippen MR) is 230 cm³/mol. The summed E-state index contributed by atoms with van der Waals surface area (Å²) in [5.74, 6) is 6.42. The first-order valence-electron chi connectivity index (χ1n) is 24.5. The zero-order valence-electron chi connectivity index (χ0n) is 34.2. The van der Waals surface area contributed by atoms with Crippen molar-refractivity contribution >= 4 is 33.8 Å². The van der Waals surface area contributed by atoms with Crippen LogP contribution in [-0.4, -0.2) is 12.6 Å². The number of fused-ring (bicyclic) bond motifs is 5.